The van der Waals surface area contributed by atoms with Gasteiger partial charge in [-0.25, -0.2) is 0 Å². The summed E-state index contributed by atoms with van der Waals surface area (Å²) in [6.45, 7) is 1.64. The second-order valence-corrected chi connectivity index (χ2v) is 10.5. The molecule has 5 rings (SSSR count). The van der Waals surface area contributed by atoms with Crippen LogP contribution in [0.4, 0.5) is 35.9 Å². The summed E-state index contributed by atoms with van der Waals surface area (Å²) in [5.41, 5.74) is 7.51. The highest BCUT2D eigenvalue weighted by atomic mass is 19.4. The number of nitrogens with one attached hydrogen (secondary N) is 2. The monoisotopic (exact) mass is 605 g/mol. The van der Waals surface area contributed by atoms with Gasteiger partial charge in [0.2, 0.25) is 5.91 Å². The van der Waals surface area contributed by atoms with E-state index >= 15 is 0 Å². The van der Waals surface area contributed by atoms with Crippen LogP contribution < -0.4 is 21.1 Å². The van der Waals surface area contributed by atoms with E-state index in [0.29, 0.717) is 44.9 Å². The van der Waals surface area contributed by atoms with Crippen molar-refractivity contribution in [1.82, 2.24) is 4.98 Å². The quantitative estimate of drug-likeness (QED) is 0.156. The van der Waals surface area contributed by atoms with Crippen molar-refractivity contribution in [2.75, 3.05) is 17.7 Å². The lowest BCUT2D eigenvalue weighted by Gasteiger charge is -2.28. The van der Waals surface area contributed by atoms with Crippen LogP contribution in [0.15, 0.2) is 72.9 Å². The predicted octanol–water partition coefficient (Wildman–Crippen LogP) is 6.37. The number of hydrogen-bond acceptors (Lipinski definition) is 7. The molecule has 226 valence electrons. The molecule has 1 aliphatic heterocycles. The number of nitrogens with zero attached hydrogens (tertiary/aromatic N) is 2. The minimum absolute atomic E-state index is 0.0955. The van der Waals surface area contributed by atoms with Gasteiger partial charge in [0.25, 0.3) is 5.91 Å². The van der Waals surface area contributed by atoms with Gasteiger partial charge in [-0.1, -0.05) is 18.2 Å². The normalized spacial score (nSPS) is 13.8. The maximum absolute atomic E-state index is 13.2. The van der Waals surface area contributed by atoms with Crippen LogP contribution in [0.25, 0.3) is 11.1 Å². The number of ether oxygens (including phenoxy) is 1. The van der Waals surface area contributed by atoms with E-state index in [2.05, 4.69) is 15.6 Å². The molecule has 0 radical (unpaired) electrons. The van der Waals surface area contributed by atoms with Gasteiger partial charge < -0.3 is 21.1 Å². The molecule has 0 aliphatic carbocycles. The maximum Gasteiger partial charge on any atom is 0.433 e. The number of aryl methyl sites for hydroxylation is 1. The molecule has 4 N–H and O–H groups in total. The minimum atomic E-state index is -4.56. The first kappa shape index (κ1) is 30.0. The third-order valence-corrected chi connectivity index (χ3v) is 7.72. The number of nitrogens with two attached hydrogens (primary N) is 1. The predicted molar refractivity (Wildman–Crippen MR) is 157 cm³/mol. The number of amides is 2. The second kappa shape index (κ2) is 11.3. The molecule has 10 nitrogen and oxygen atoms in total. The van der Waals surface area contributed by atoms with Crippen LogP contribution in [-0.2, 0) is 22.8 Å². The van der Waals surface area contributed by atoms with Crippen molar-refractivity contribution in [3.63, 3.8) is 0 Å². The largest absolute Gasteiger partial charge is 0.490 e. The van der Waals surface area contributed by atoms with Gasteiger partial charge in [-0.15, -0.1) is 0 Å². The van der Waals surface area contributed by atoms with Crippen molar-refractivity contribution < 1.29 is 32.4 Å². The first-order valence-corrected chi connectivity index (χ1v) is 13.3. The van der Waals surface area contributed by atoms with Crippen LogP contribution in [0.3, 0.4) is 0 Å². The number of hydrogen-bond donors (Lipinski definition) is 3. The number of methoxy groups -OCH3 is 1. The van der Waals surface area contributed by atoms with Gasteiger partial charge >= 0.3 is 11.9 Å². The molecule has 3 aromatic carbocycles. The van der Waals surface area contributed by atoms with Crippen LogP contribution in [0.2, 0.25) is 0 Å². The molecule has 1 aliphatic rings. The topological polar surface area (TPSA) is 149 Å². The van der Waals surface area contributed by atoms with Crippen LogP contribution in [0.5, 0.6) is 5.75 Å². The number of alkyl halides is 3. The molecular formula is C31H26F3N5O5. The highest BCUT2D eigenvalue weighted by Crippen LogP contribution is 2.40. The van der Waals surface area contributed by atoms with Gasteiger partial charge in [-0.3, -0.25) is 24.7 Å². The highest BCUT2D eigenvalue weighted by Gasteiger charge is 2.35. The highest BCUT2D eigenvalue weighted by molar-refractivity contribution is 6.12. The summed E-state index contributed by atoms with van der Waals surface area (Å²) in [4.78, 5) is 40.1. The number of aromatic nitrogens is 1. The Morgan fingerprint density at radius 2 is 1.70 bits per heavy atom. The average molecular weight is 606 g/mol. The van der Waals surface area contributed by atoms with Crippen molar-refractivity contribution in [2.45, 2.75) is 31.4 Å². The van der Waals surface area contributed by atoms with Gasteiger partial charge in [0.1, 0.15) is 5.69 Å². The Balaban J connectivity index is 1.42. The molecule has 2 amide bonds. The Bertz CT molecular complexity index is 1790. The van der Waals surface area contributed by atoms with E-state index in [9.17, 15) is 32.9 Å². The molecule has 0 bridgehead atoms. The molecule has 2 heterocycles. The standard InChI is InChI=1S/C31H26F3N5O5/c1-30(29(35)41,12-11-17-3-10-27(36-16-17)31(32,33)34)20-6-8-22-24(15-20)38-28(40)21-7-4-18(13-23(21)37-22)19-5-9-25(39(42)43)26(14-19)44-2/h3-10,13-16,37H,11-12H2,1-2H3,(H2,35,41)(H,38,40). The Kier molecular flexibility index (Phi) is 7.72. The molecule has 4 aromatic rings. The summed E-state index contributed by atoms with van der Waals surface area (Å²) >= 11 is 0. The van der Waals surface area contributed by atoms with Crippen molar-refractivity contribution in [2.24, 2.45) is 5.73 Å². The lowest BCUT2D eigenvalue weighted by atomic mass is 9.77. The number of carbonyl (C=O) groups excluding carboxylic acids is 2. The summed E-state index contributed by atoms with van der Waals surface area (Å²) < 4.78 is 43.8. The SMILES string of the molecule is COc1cc(-c2ccc3c(c2)Nc2ccc(C(C)(CCc4ccc(C(F)(F)F)nc4)C(N)=O)cc2NC3=O)ccc1[N+](=O)[O-]. The Labute approximate surface area is 249 Å². The van der Waals surface area contributed by atoms with E-state index in [4.69, 9.17) is 10.5 Å². The van der Waals surface area contributed by atoms with Crippen LogP contribution in [0, 0.1) is 10.1 Å². The second-order valence-electron chi connectivity index (χ2n) is 10.5. The molecule has 1 unspecified atom stereocenters. The third kappa shape index (κ3) is 5.76. The lowest BCUT2D eigenvalue weighted by Crippen LogP contribution is -2.39. The van der Waals surface area contributed by atoms with Crippen molar-refractivity contribution >= 4 is 34.6 Å². The number of rotatable bonds is 8. The molecule has 1 aromatic heterocycles. The van der Waals surface area contributed by atoms with Crippen molar-refractivity contribution in [3.8, 4) is 16.9 Å². The number of fused-ring (bicyclic) bond motifs is 2. The minimum Gasteiger partial charge on any atom is -0.490 e. The van der Waals surface area contributed by atoms with E-state index in [-0.39, 0.29) is 24.3 Å². The average Bonchev–Trinajstić information content (AvgIpc) is 3.13. The number of carbonyl (C=O) groups is 2. The van der Waals surface area contributed by atoms with E-state index in [1.165, 1.54) is 19.2 Å². The molecule has 1 atom stereocenters. The first-order valence-electron chi connectivity index (χ1n) is 13.3. The summed E-state index contributed by atoms with van der Waals surface area (Å²) in [7, 11) is 1.34. The maximum atomic E-state index is 13.2. The third-order valence-electron chi connectivity index (χ3n) is 7.72. The fraction of sp³-hybridized carbons (Fsp3) is 0.194. The van der Waals surface area contributed by atoms with E-state index < -0.39 is 34.0 Å². The summed E-state index contributed by atoms with van der Waals surface area (Å²) in [5, 5.41) is 17.4. The number of anilines is 3. The number of pyridine rings is 1. The molecule has 0 saturated heterocycles. The van der Waals surface area contributed by atoms with E-state index in [1.54, 1.807) is 55.5 Å². The van der Waals surface area contributed by atoms with Gasteiger partial charge in [-0.05, 0) is 84.5 Å². The molecule has 0 saturated carbocycles. The number of nitro groups is 1. The summed E-state index contributed by atoms with van der Waals surface area (Å²) in [6, 6.07) is 16.8. The number of primary amides is 1. The van der Waals surface area contributed by atoms with Crippen LogP contribution >= 0.6 is 0 Å². The molecule has 13 heteroatoms. The Morgan fingerprint density at radius 3 is 2.34 bits per heavy atom. The van der Waals surface area contributed by atoms with Gasteiger partial charge in [0.05, 0.1) is 40.1 Å². The first-order chi connectivity index (χ1) is 20.8. The fourth-order valence-corrected chi connectivity index (χ4v) is 5.01. The van der Waals surface area contributed by atoms with E-state index in [1.807, 2.05) is 0 Å². The number of halogens is 3. The number of nitro benzene ring substituents is 1. The summed E-state index contributed by atoms with van der Waals surface area (Å²) in [5.74, 6) is -0.956. The van der Waals surface area contributed by atoms with Gasteiger partial charge in [-0.2, -0.15) is 13.2 Å². The van der Waals surface area contributed by atoms with Gasteiger partial charge in [0, 0.05) is 12.3 Å². The zero-order valence-electron chi connectivity index (χ0n) is 23.5. The zero-order chi connectivity index (χ0) is 31.8. The van der Waals surface area contributed by atoms with Crippen LogP contribution in [-0.4, -0.2) is 28.8 Å². The Hall–Kier alpha value is -5.46. The van der Waals surface area contributed by atoms with Crippen LogP contribution in [0.1, 0.15) is 40.5 Å². The molecule has 0 fully saturated rings. The lowest BCUT2D eigenvalue weighted by molar-refractivity contribution is -0.385. The summed E-state index contributed by atoms with van der Waals surface area (Å²) in [6.07, 6.45) is -3.02. The van der Waals surface area contributed by atoms with E-state index in [0.717, 1.165) is 12.3 Å². The molecule has 44 heavy (non-hydrogen) atoms. The molecule has 0 spiro atoms. The smallest absolute Gasteiger partial charge is 0.433 e. The van der Waals surface area contributed by atoms with Gasteiger partial charge in [0.15, 0.2) is 5.75 Å². The zero-order valence-corrected chi connectivity index (χ0v) is 23.5. The number of benzene rings is 3. The van der Waals surface area contributed by atoms with Crippen molar-refractivity contribution in [1.29, 1.82) is 0 Å². The molecular weight excluding hydrogens is 579 g/mol. The van der Waals surface area contributed by atoms with Crippen molar-refractivity contribution in [3.05, 3.63) is 105 Å². The fourth-order valence-electron chi connectivity index (χ4n) is 5.01. The Morgan fingerprint density at radius 1 is 0.977 bits per heavy atom.